The van der Waals surface area contributed by atoms with E-state index in [2.05, 4.69) is 4.99 Å². The standard InChI is InChI=1S/C13H21N5O/c14-13(15)17-8-4-7-12(10-19)18(16)9-11-5-2-1-3-6-11/h1-3,5-6,10,12H,4,7-9,16H2,(H4,14,15,17)/t12-/m0/s1/i10+1. The number of hydrazine groups is 1. The molecule has 0 bridgehead atoms. The van der Waals surface area contributed by atoms with E-state index >= 15 is 0 Å². The molecule has 0 saturated carbocycles. The normalized spacial score (nSPS) is 12.1. The number of nitrogens with two attached hydrogens (primary N) is 3. The molecule has 1 rings (SSSR count). The number of aldehydes is 1. The van der Waals surface area contributed by atoms with E-state index in [9.17, 15) is 4.79 Å². The fourth-order valence-electron chi connectivity index (χ4n) is 1.73. The van der Waals surface area contributed by atoms with Crippen molar-refractivity contribution in [3.05, 3.63) is 35.9 Å². The van der Waals surface area contributed by atoms with Gasteiger partial charge in [0.15, 0.2) is 5.96 Å². The summed E-state index contributed by atoms with van der Waals surface area (Å²) >= 11 is 0. The van der Waals surface area contributed by atoms with E-state index < -0.39 is 0 Å². The molecule has 0 aromatic heterocycles. The largest absolute Gasteiger partial charge is 0.370 e. The van der Waals surface area contributed by atoms with Gasteiger partial charge < -0.3 is 16.3 Å². The first-order chi connectivity index (χ1) is 9.13. The highest BCUT2D eigenvalue weighted by molar-refractivity contribution is 5.75. The summed E-state index contributed by atoms with van der Waals surface area (Å²) in [5.41, 5.74) is 11.5. The van der Waals surface area contributed by atoms with Crippen LogP contribution in [0.4, 0.5) is 0 Å². The van der Waals surface area contributed by atoms with Gasteiger partial charge in [0, 0.05) is 13.1 Å². The maximum Gasteiger partial charge on any atom is 0.185 e. The van der Waals surface area contributed by atoms with Gasteiger partial charge in [-0.1, -0.05) is 30.3 Å². The molecule has 6 N–H and O–H groups in total. The van der Waals surface area contributed by atoms with Crippen molar-refractivity contribution in [1.82, 2.24) is 5.01 Å². The van der Waals surface area contributed by atoms with Crippen LogP contribution < -0.4 is 17.3 Å². The number of carbonyl (C=O) groups excluding carboxylic acids is 1. The van der Waals surface area contributed by atoms with Crippen molar-refractivity contribution in [2.24, 2.45) is 22.3 Å². The van der Waals surface area contributed by atoms with Gasteiger partial charge in [-0.3, -0.25) is 10.8 Å². The van der Waals surface area contributed by atoms with E-state index in [0.29, 0.717) is 25.9 Å². The fraction of sp³-hybridized carbons (Fsp3) is 0.385. The third-order valence-corrected chi connectivity index (χ3v) is 2.74. The van der Waals surface area contributed by atoms with Gasteiger partial charge in [-0.2, -0.15) is 0 Å². The zero-order valence-electron chi connectivity index (χ0n) is 10.9. The monoisotopic (exact) mass is 264 g/mol. The van der Waals surface area contributed by atoms with E-state index in [4.69, 9.17) is 17.3 Å². The average Bonchev–Trinajstić information content (AvgIpc) is 2.39. The van der Waals surface area contributed by atoms with E-state index in [1.165, 1.54) is 5.01 Å². The summed E-state index contributed by atoms with van der Waals surface area (Å²) in [6, 6.07) is 9.45. The third-order valence-electron chi connectivity index (χ3n) is 2.74. The molecular weight excluding hydrogens is 243 g/mol. The number of guanidine groups is 1. The van der Waals surface area contributed by atoms with Crippen molar-refractivity contribution >= 4 is 12.2 Å². The first-order valence-electron chi connectivity index (χ1n) is 6.19. The maximum absolute atomic E-state index is 11.1. The summed E-state index contributed by atoms with van der Waals surface area (Å²) < 4.78 is 0. The van der Waals surface area contributed by atoms with E-state index in [0.717, 1.165) is 11.8 Å². The quantitative estimate of drug-likeness (QED) is 0.116. The number of hydrogen-bond acceptors (Lipinski definition) is 4. The number of carbonyl (C=O) groups is 1. The van der Waals surface area contributed by atoms with Crippen LogP contribution in [0.5, 0.6) is 0 Å². The van der Waals surface area contributed by atoms with Crippen molar-refractivity contribution in [2.45, 2.75) is 25.4 Å². The molecule has 19 heavy (non-hydrogen) atoms. The average molecular weight is 264 g/mol. The van der Waals surface area contributed by atoms with Gasteiger partial charge in [0.05, 0.1) is 6.04 Å². The second-order valence-electron chi connectivity index (χ2n) is 4.31. The number of rotatable bonds is 8. The van der Waals surface area contributed by atoms with E-state index in [1.54, 1.807) is 0 Å². The van der Waals surface area contributed by atoms with Crippen LogP contribution in [0.2, 0.25) is 0 Å². The van der Waals surface area contributed by atoms with Gasteiger partial charge in [-0.25, -0.2) is 5.01 Å². The molecule has 0 aliphatic heterocycles. The topological polar surface area (TPSA) is 111 Å². The fourth-order valence-corrected chi connectivity index (χ4v) is 1.73. The van der Waals surface area contributed by atoms with E-state index in [-0.39, 0.29) is 12.0 Å². The number of hydrogen-bond donors (Lipinski definition) is 3. The lowest BCUT2D eigenvalue weighted by molar-refractivity contribution is -0.113. The third kappa shape index (κ3) is 5.98. The Hall–Kier alpha value is -1.92. The minimum Gasteiger partial charge on any atom is -0.370 e. The van der Waals surface area contributed by atoms with Gasteiger partial charge in [0.25, 0.3) is 0 Å². The van der Waals surface area contributed by atoms with Gasteiger partial charge in [-0.05, 0) is 18.4 Å². The summed E-state index contributed by atoms with van der Waals surface area (Å²) in [5.74, 6) is 5.99. The van der Waals surface area contributed by atoms with Gasteiger partial charge in [0.1, 0.15) is 6.29 Å². The molecular formula is C13H21N5O. The summed E-state index contributed by atoms with van der Waals surface area (Å²) in [6.45, 7) is 1.04. The van der Waals surface area contributed by atoms with Crippen LogP contribution >= 0.6 is 0 Å². The summed E-state index contributed by atoms with van der Waals surface area (Å²) in [6.07, 6.45) is 2.20. The molecule has 0 saturated heterocycles. The highest BCUT2D eigenvalue weighted by atomic mass is 16.2. The predicted molar refractivity (Wildman–Crippen MR) is 75.9 cm³/mol. The van der Waals surface area contributed by atoms with Gasteiger partial charge in [0.2, 0.25) is 0 Å². The molecule has 1 aromatic carbocycles. The smallest absolute Gasteiger partial charge is 0.185 e. The lowest BCUT2D eigenvalue weighted by Gasteiger charge is -2.22. The Kier molecular flexibility index (Phi) is 6.56. The molecule has 0 fully saturated rings. The molecule has 6 heteroatoms. The molecule has 104 valence electrons. The second-order valence-corrected chi connectivity index (χ2v) is 4.31. The van der Waals surface area contributed by atoms with Crippen LogP contribution in [0, 0.1) is 0 Å². The highest BCUT2D eigenvalue weighted by Gasteiger charge is 2.14. The Morgan fingerprint density at radius 1 is 1.32 bits per heavy atom. The van der Waals surface area contributed by atoms with Crippen LogP contribution in [0.15, 0.2) is 35.3 Å². The molecule has 0 aliphatic carbocycles. The molecule has 0 unspecified atom stereocenters. The highest BCUT2D eigenvalue weighted by Crippen LogP contribution is 2.07. The first-order valence-corrected chi connectivity index (χ1v) is 6.19. The number of nitrogens with zero attached hydrogens (tertiary/aromatic N) is 2. The molecule has 1 aromatic rings. The van der Waals surface area contributed by atoms with Gasteiger partial charge >= 0.3 is 0 Å². The molecule has 1 atom stereocenters. The number of aliphatic imine (C=N–C) groups is 1. The lowest BCUT2D eigenvalue weighted by Crippen LogP contribution is -2.41. The minimum absolute atomic E-state index is 0.0662. The molecule has 0 aliphatic rings. The van der Waals surface area contributed by atoms with Crippen molar-refractivity contribution in [1.29, 1.82) is 0 Å². The zero-order chi connectivity index (χ0) is 14.1. The maximum atomic E-state index is 11.1. The molecule has 0 amide bonds. The summed E-state index contributed by atoms with van der Waals surface area (Å²) in [7, 11) is 0. The summed E-state index contributed by atoms with van der Waals surface area (Å²) in [4.78, 5) is 14.9. The predicted octanol–water partition coefficient (Wildman–Crippen LogP) is -0.0166. The van der Waals surface area contributed by atoms with Gasteiger partial charge in [-0.15, -0.1) is 0 Å². The summed E-state index contributed by atoms with van der Waals surface area (Å²) in [5, 5.41) is 1.54. The molecule has 0 heterocycles. The molecule has 0 radical (unpaired) electrons. The van der Waals surface area contributed by atoms with Crippen LogP contribution in [0.3, 0.4) is 0 Å². The Morgan fingerprint density at radius 3 is 2.58 bits per heavy atom. The van der Waals surface area contributed by atoms with Crippen LogP contribution in [-0.2, 0) is 11.3 Å². The van der Waals surface area contributed by atoms with Crippen LogP contribution in [0.1, 0.15) is 18.4 Å². The minimum atomic E-state index is -0.325. The Morgan fingerprint density at radius 2 is 2.00 bits per heavy atom. The van der Waals surface area contributed by atoms with Crippen molar-refractivity contribution in [3.8, 4) is 0 Å². The van der Waals surface area contributed by atoms with Crippen molar-refractivity contribution < 1.29 is 4.79 Å². The SMILES string of the molecule is NC(N)=NCCC[C@@H]([13CH]=O)N(N)Cc1ccccc1. The van der Waals surface area contributed by atoms with Crippen LogP contribution in [-0.4, -0.2) is 29.8 Å². The van der Waals surface area contributed by atoms with Crippen molar-refractivity contribution in [3.63, 3.8) is 0 Å². The lowest BCUT2D eigenvalue weighted by atomic mass is 10.2. The molecule has 6 nitrogen and oxygen atoms in total. The second kappa shape index (κ2) is 8.23. The van der Waals surface area contributed by atoms with Crippen molar-refractivity contribution in [2.75, 3.05) is 6.54 Å². The Balaban J connectivity index is 2.41. The molecule has 0 spiro atoms. The van der Waals surface area contributed by atoms with Crippen LogP contribution in [0.25, 0.3) is 0 Å². The Labute approximate surface area is 113 Å². The number of benzene rings is 1. The first kappa shape index (κ1) is 15.1. The zero-order valence-corrected chi connectivity index (χ0v) is 10.9. The Bertz CT molecular complexity index is 403. The van der Waals surface area contributed by atoms with E-state index in [1.807, 2.05) is 30.3 Å².